The summed E-state index contributed by atoms with van der Waals surface area (Å²) in [6.45, 7) is 1.89. The van der Waals surface area contributed by atoms with E-state index in [4.69, 9.17) is 45.3 Å². The Kier molecular flexibility index (Phi) is 4.58. The minimum atomic E-state index is -0.0821. The second-order valence-electron chi connectivity index (χ2n) is 4.16. The van der Waals surface area contributed by atoms with E-state index in [1.54, 1.807) is 30.3 Å². The van der Waals surface area contributed by atoms with E-state index < -0.39 is 0 Å². The van der Waals surface area contributed by atoms with Gasteiger partial charge in [-0.05, 0) is 36.8 Å². The lowest BCUT2D eigenvalue weighted by Gasteiger charge is -2.12. The predicted molar refractivity (Wildman–Crippen MR) is 80.6 cm³/mol. The Balaban J connectivity index is 2.31. The van der Waals surface area contributed by atoms with E-state index in [9.17, 15) is 0 Å². The fourth-order valence-electron chi connectivity index (χ4n) is 1.56. The van der Waals surface area contributed by atoms with E-state index in [1.807, 2.05) is 13.0 Å². The molecule has 2 nitrogen and oxygen atoms in total. The summed E-state index contributed by atoms with van der Waals surface area (Å²) in [5, 5.41) is 1.49. The number of rotatable bonds is 3. The van der Waals surface area contributed by atoms with Crippen LogP contribution in [0.1, 0.15) is 18.5 Å². The summed E-state index contributed by atoms with van der Waals surface area (Å²) >= 11 is 18.1. The van der Waals surface area contributed by atoms with E-state index in [-0.39, 0.29) is 6.04 Å². The number of nitrogens with two attached hydrogens (primary N) is 1. The number of hydrogen-bond acceptors (Lipinski definition) is 2. The van der Waals surface area contributed by atoms with Gasteiger partial charge in [0.25, 0.3) is 0 Å². The Hall–Kier alpha value is -0.930. The van der Waals surface area contributed by atoms with E-state index in [2.05, 4.69) is 0 Å². The molecular formula is C14H12Cl3NO. The van der Waals surface area contributed by atoms with Crippen molar-refractivity contribution in [3.05, 3.63) is 57.0 Å². The van der Waals surface area contributed by atoms with Crippen molar-refractivity contribution in [3.63, 3.8) is 0 Å². The number of benzene rings is 2. The summed E-state index contributed by atoms with van der Waals surface area (Å²) < 4.78 is 5.67. The van der Waals surface area contributed by atoms with Crippen LogP contribution in [0.15, 0.2) is 36.4 Å². The molecule has 0 aliphatic heterocycles. The zero-order chi connectivity index (χ0) is 14.0. The second-order valence-corrected chi connectivity index (χ2v) is 5.41. The second kappa shape index (κ2) is 6.02. The molecule has 2 rings (SSSR count). The molecule has 2 aromatic rings. The fourth-order valence-corrected chi connectivity index (χ4v) is 2.10. The molecule has 0 radical (unpaired) electrons. The van der Waals surface area contributed by atoms with E-state index in [0.29, 0.717) is 26.6 Å². The minimum Gasteiger partial charge on any atom is -0.454 e. The molecule has 2 N–H and O–H groups in total. The molecule has 0 fully saturated rings. The normalized spacial score (nSPS) is 12.3. The molecule has 0 unspecified atom stereocenters. The molecule has 0 saturated carbocycles. The maximum atomic E-state index is 6.16. The summed E-state index contributed by atoms with van der Waals surface area (Å²) in [5.41, 5.74) is 6.73. The average Bonchev–Trinajstić information content (AvgIpc) is 2.36. The van der Waals surface area contributed by atoms with Crippen LogP contribution in [0.3, 0.4) is 0 Å². The highest BCUT2D eigenvalue weighted by molar-refractivity contribution is 6.34. The van der Waals surface area contributed by atoms with Gasteiger partial charge in [-0.1, -0.05) is 40.9 Å². The molecular weight excluding hydrogens is 305 g/mol. The lowest BCUT2D eigenvalue weighted by atomic mass is 10.1. The van der Waals surface area contributed by atoms with Crippen LogP contribution in [0.4, 0.5) is 0 Å². The van der Waals surface area contributed by atoms with Gasteiger partial charge in [0.05, 0.1) is 10.0 Å². The highest BCUT2D eigenvalue weighted by Crippen LogP contribution is 2.36. The van der Waals surface area contributed by atoms with Crippen molar-refractivity contribution in [1.82, 2.24) is 0 Å². The first-order chi connectivity index (χ1) is 8.97. The van der Waals surface area contributed by atoms with Gasteiger partial charge >= 0.3 is 0 Å². The third-order valence-electron chi connectivity index (χ3n) is 2.59. The van der Waals surface area contributed by atoms with Gasteiger partial charge in [-0.2, -0.15) is 0 Å². The van der Waals surface area contributed by atoms with Crippen LogP contribution in [0, 0.1) is 0 Å². The molecule has 0 aromatic heterocycles. The molecule has 0 heterocycles. The van der Waals surface area contributed by atoms with Crippen LogP contribution >= 0.6 is 34.8 Å². The van der Waals surface area contributed by atoms with Crippen LogP contribution in [-0.4, -0.2) is 0 Å². The maximum Gasteiger partial charge on any atom is 0.147 e. The van der Waals surface area contributed by atoms with Gasteiger partial charge in [-0.3, -0.25) is 0 Å². The van der Waals surface area contributed by atoms with Gasteiger partial charge in [0, 0.05) is 17.1 Å². The standard InChI is InChI=1S/C14H12Cl3NO/c1-8(18)9-2-5-13(12(17)6-9)19-14-7-10(15)3-4-11(14)16/h2-8H,18H2,1H3/t8-/m0/s1. The molecule has 100 valence electrons. The number of ether oxygens (including phenoxy) is 1. The summed E-state index contributed by atoms with van der Waals surface area (Å²) in [6, 6.07) is 10.3. The first kappa shape index (κ1) is 14.5. The summed E-state index contributed by atoms with van der Waals surface area (Å²) in [6.07, 6.45) is 0. The molecule has 1 atom stereocenters. The Labute approximate surface area is 127 Å². The van der Waals surface area contributed by atoms with Crippen molar-refractivity contribution in [2.45, 2.75) is 13.0 Å². The third kappa shape index (κ3) is 3.54. The van der Waals surface area contributed by atoms with Crippen molar-refractivity contribution in [2.75, 3.05) is 0 Å². The average molecular weight is 317 g/mol. The largest absolute Gasteiger partial charge is 0.454 e. The van der Waals surface area contributed by atoms with Crippen LogP contribution in [0.2, 0.25) is 15.1 Å². The fraction of sp³-hybridized carbons (Fsp3) is 0.143. The SMILES string of the molecule is C[C@H](N)c1ccc(Oc2cc(Cl)ccc2Cl)c(Cl)c1. The highest BCUT2D eigenvalue weighted by Gasteiger charge is 2.09. The molecule has 0 saturated heterocycles. The molecule has 0 aliphatic rings. The maximum absolute atomic E-state index is 6.16. The molecule has 0 bridgehead atoms. The van der Waals surface area contributed by atoms with Crippen molar-refractivity contribution < 1.29 is 4.74 Å². The van der Waals surface area contributed by atoms with E-state index in [1.165, 1.54) is 0 Å². The molecule has 0 spiro atoms. The molecule has 5 heteroatoms. The summed E-state index contributed by atoms with van der Waals surface area (Å²) in [7, 11) is 0. The Morgan fingerprint density at radius 3 is 2.32 bits per heavy atom. The van der Waals surface area contributed by atoms with Crippen LogP contribution in [0.25, 0.3) is 0 Å². The zero-order valence-corrected chi connectivity index (χ0v) is 12.4. The summed E-state index contributed by atoms with van der Waals surface area (Å²) in [5.74, 6) is 0.972. The minimum absolute atomic E-state index is 0.0821. The lowest BCUT2D eigenvalue weighted by Crippen LogP contribution is -2.04. The Morgan fingerprint density at radius 2 is 1.68 bits per heavy atom. The predicted octanol–water partition coefficient (Wildman–Crippen LogP) is 5.46. The Bertz CT molecular complexity index is 599. The van der Waals surface area contributed by atoms with Gasteiger partial charge < -0.3 is 10.5 Å². The van der Waals surface area contributed by atoms with Gasteiger partial charge in [-0.25, -0.2) is 0 Å². The zero-order valence-electron chi connectivity index (χ0n) is 10.2. The summed E-state index contributed by atoms with van der Waals surface area (Å²) in [4.78, 5) is 0. The molecule has 2 aromatic carbocycles. The van der Waals surface area contributed by atoms with Gasteiger partial charge in [0.1, 0.15) is 11.5 Å². The van der Waals surface area contributed by atoms with Gasteiger partial charge in [0.15, 0.2) is 0 Å². The monoisotopic (exact) mass is 315 g/mol. The van der Waals surface area contributed by atoms with Crippen LogP contribution in [0.5, 0.6) is 11.5 Å². The topological polar surface area (TPSA) is 35.2 Å². The van der Waals surface area contributed by atoms with Crippen LogP contribution < -0.4 is 10.5 Å². The third-order valence-corrected chi connectivity index (χ3v) is 3.44. The van der Waals surface area contributed by atoms with Gasteiger partial charge in [0.2, 0.25) is 0 Å². The van der Waals surface area contributed by atoms with Crippen molar-refractivity contribution in [2.24, 2.45) is 5.73 Å². The first-order valence-electron chi connectivity index (χ1n) is 5.65. The van der Waals surface area contributed by atoms with Crippen molar-refractivity contribution >= 4 is 34.8 Å². The van der Waals surface area contributed by atoms with E-state index in [0.717, 1.165) is 5.56 Å². The first-order valence-corrected chi connectivity index (χ1v) is 6.78. The van der Waals surface area contributed by atoms with E-state index >= 15 is 0 Å². The molecule has 0 aliphatic carbocycles. The number of halogens is 3. The Morgan fingerprint density at radius 1 is 0.947 bits per heavy atom. The lowest BCUT2D eigenvalue weighted by molar-refractivity contribution is 0.483. The molecule has 0 amide bonds. The quantitative estimate of drug-likeness (QED) is 0.816. The van der Waals surface area contributed by atoms with Gasteiger partial charge in [-0.15, -0.1) is 0 Å². The van der Waals surface area contributed by atoms with Crippen LogP contribution in [-0.2, 0) is 0 Å². The van der Waals surface area contributed by atoms with Crippen molar-refractivity contribution in [1.29, 1.82) is 0 Å². The smallest absolute Gasteiger partial charge is 0.147 e. The van der Waals surface area contributed by atoms with Crippen molar-refractivity contribution in [3.8, 4) is 11.5 Å². The highest BCUT2D eigenvalue weighted by atomic mass is 35.5. The number of hydrogen-bond donors (Lipinski definition) is 1. The molecule has 19 heavy (non-hydrogen) atoms.